The van der Waals surface area contributed by atoms with E-state index in [0.717, 1.165) is 38.2 Å². The maximum Gasteiger partial charge on any atom is 0.132 e. The van der Waals surface area contributed by atoms with E-state index in [-0.39, 0.29) is 0 Å². The molecule has 2 N–H and O–H groups in total. The van der Waals surface area contributed by atoms with Gasteiger partial charge in [-0.2, -0.15) is 0 Å². The molecule has 5 heteroatoms. The van der Waals surface area contributed by atoms with E-state index < -0.39 is 0 Å². The Balaban J connectivity index is 2.22. The Labute approximate surface area is 97.0 Å². The lowest BCUT2D eigenvalue weighted by Crippen LogP contribution is -2.07. The first-order valence-electron chi connectivity index (χ1n) is 5.94. The molecule has 0 fully saturated rings. The number of nitrogens with two attached hydrogens (primary N) is 1. The summed E-state index contributed by atoms with van der Waals surface area (Å²) >= 11 is 0. The van der Waals surface area contributed by atoms with Crippen LogP contribution in [0.2, 0.25) is 0 Å². The predicted octanol–water partition coefficient (Wildman–Crippen LogP) is 0.986. The van der Waals surface area contributed by atoms with Crippen LogP contribution in [0.3, 0.4) is 0 Å². The van der Waals surface area contributed by atoms with Gasteiger partial charge in [0.15, 0.2) is 0 Å². The molecule has 0 radical (unpaired) electrons. The van der Waals surface area contributed by atoms with Crippen LogP contribution in [0.5, 0.6) is 0 Å². The fraction of sp³-hybridized carbons (Fsp3) is 0.818. The number of hydrogen-bond acceptors (Lipinski definition) is 4. The van der Waals surface area contributed by atoms with Gasteiger partial charge in [0.2, 0.25) is 0 Å². The Bertz CT molecular complexity index is 275. The third kappa shape index (κ3) is 4.72. The largest absolute Gasteiger partial charge is 0.383 e. The zero-order chi connectivity index (χ0) is 11.6. The number of ether oxygens (including phenoxy) is 1. The van der Waals surface area contributed by atoms with Gasteiger partial charge in [-0.1, -0.05) is 12.8 Å². The Kier molecular flexibility index (Phi) is 6.76. The number of unbranched alkanes of at least 4 members (excludes halogenated alkanes) is 3. The topological polar surface area (TPSA) is 66.0 Å². The molecule has 92 valence electrons. The Morgan fingerprint density at radius 2 is 2.12 bits per heavy atom. The average molecular weight is 226 g/mol. The van der Waals surface area contributed by atoms with E-state index in [1.807, 2.05) is 0 Å². The molecule has 1 heterocycles. The average Bonchev–Trinajstić information content (AvgIpc) is 2.74. The minimum absolute atomic E-state index is 0.707. The molecule has 0 unspecified atom stereocenters. The van der Waals surface area contributed by atoms with Crippen LogP contribution >= 0.6 is 0 Å². The lowest BCUT2D eigenvalue weighted by atomic mass is 10.1. The smallest absolute Gasteiger partial charge is 0.132 e. The second-order valence-corrected chi connectivity index (χ2v) is 3.89. The van der Waals surface area contributed by atoms with Crippen LogP contribution in [0.15, 0.2) is 6.33 Å². The summed E-state index contributed by atoms with van der Waals surface area (Å²) in [4.78, 5) is 0. The van der Waals surface area contributed by atoms with E-state index in [0.29, 0.717) is 6.61 Å². The van der Waals surface area contributed by atoms with E-state index in [9.17, 15) is 0 Å². The normalized spacial score (nSPS) is 10.9. The minimum Gasteiger partial charge on any atom is -0.383 e. The lowest BCUT2D eigenvalue weighted by Gasteiger charge is -2.05. The van der Waals surface area contributed by atoms with Gasteiger partial charge in [-0.25, -0.2) is 0 Å². The van der Waals surface area contributed by atoms with E-state index in [1.165, 1.54) is 12.8 Å². The van der Waals surface area contributed by atoms with Crippen molar-refractivity contribution in [1.82, 2.24) is 14.8 Å². The molecule has 16 heavy (non-hydrogen) atoms. The number of rotatable bonds is 9. The van der Waals surface area contributed by atoms with E-state index in [2.05, 4.69) is 14.8 Å². The van der Waals surface area contributed by atoms with Crippen molar-refractivity contribution in [2.24, 2.45) is 5.73 Å². The first-order chi connectivity index (χ1) is 7.88. The summed E-state index contributed by atoms with van der Waals surface area (Å²) < 4.78 is 7.10. The second kappa shape index (κ2) is 8.24. The third-order valence-corrected chi connectivity index (χ3v) is 2.59. The van der Waals surface area contributed by atoms with E-state index >= 15 is 0 Å². The highest BCUT2D eigenvalue weighted by molar-refractivity contribution is 4.85. The summed E-state index contributed by atoms with van der Waals surface area (Å²) in [6, 6.07) is 0. The van der Waals surface area contributed by atoms with Crippen molar-refractivity contribution >= 4 is 0 Å². The van der Waals surface area contributed by atoms with Crippen LogP contribution in [-0.2, 0) is 17.7 Å². The molecule has 0 aliphatic carbocycles. The van der Waals surface area contributed by atoms with Gasteiger partial charge in [-0.15, -0.1) is 10.2 Å². The summed E-state index contributed by atoms with van der Waals surface area (Å²) in [5, 5.41) is 8.05. The van der Waals surface area contributed by atoms with Crippen molar-refractivity contribution in [2.75, 3.05) is 20.3 Å². The first-order valence-corrected chi connectivity index (χ1v) is 5.94. The van der Waals surface area contributed by atoms with Crippen LogP contribution < -0.4 is 5.73 Å². The fourth-order valence-electron chi connectivity index (χ4n) is 1.63. The number of aryl methyl sites for hydroxylation is 1. The molecule has 0 spiro atoms. The van der Waals surface area contributed by atoms with Crippen molar-refractivity contribution < 1.29 is 4.74 Å². The molecule has 0 aliphatic heterocycles. The molecule has 1 rings (SSSR count). The van der Waals surface area contributed by atoms with Gasteiger partial charge >= 0.3 is 0 Å². The van der Waals surface area contributed by atoms with Gasteiger partial charge in [0, 0.05) is 20.1 Å². The van der Waals surface area contributed by atoms with Gasteiger partial charge in [0.25, 0.3) is 0 Å². The number of aromatic nitrogens is 3. The Morgan fingerprint density at radius 3 is 2.88 bits per heavy atom. The molecule has 0 atom stereocenters. The molecule has 0 aliphatic rings. The van der Waals surface area contributed by atoms with Gasteiger partial charge in [-0.3, -0.25) is 0 Å². The highest BCUT2D eigenvalue weighted by Crippen LogP contribution is 2.05. The van der Waals surface area contributed by atoms with Crippen molar-refractivity contribution in [1.29, 1.82) is 0 Å². The predicted molar refractivity (Wildman–Crippen MR) is 63.1 cm³/mol. The maximum absolute atomic E-state index is 5.44. The van der Waals surface area contributed by atoms with Crippen LogP contribution in [0.4, 0.5) is 0 Å². The van der Waals surface area contributed by atoms with Crippen molar-refractivity contribution in [2.45, 2.75) is 38.6 Å². The summed E-state index contributed by atoms with van der Waals surface area (Å²) in [6.45, 7) is 2.34. The molecule has 0 amide bonds. The molecule has 0 saturated heterocycles. The van der Waals surface area contributed by atoms with Gasteiger partial charge in [0.05, 0.1) is 6.61 Å². The summed E-state index contributed by atoms with van der Waals surface area (Å²) in [6.07, 6.45) is 7.47. The molecule has 5 nitrogen and oxygen atoms in total. The standard InChI is InChI=1S/C11H22N4O/c1-16-9-8-15-10-13-14-11(15)6-4-2-3-5-7-12/h10H,2-9,12H2,1H3. The third-order valence-electron chi connectivity index (χ3n) is 2.59. The van der Waals surface area contributed by atoms with Crippen molar-refractivity contribution in [3.8, 4) is 0 Å². The van der Waals surface area contributed by atoms with Crippen molar-refractivity contribution in [3.05, 3.63) is 12.2 Å². The molecule has 0 aromatic carbocycles. The molecule has 1 aromatic rings. The quantitative estimate of drug-likeness (QED) is 0.638. The highest BCUT2D eigenvalue weighted by Gasteiger charge is 2.03. The van der Waals surface area contributed by atoms with Crippen LogP contribution in [0.1, 0.15) is 31.5 Å². The van der Waals surface area contributed by atoms with Gasteiger partial charge < -0.3 is 15.0 Å². The van der Waals surface area contributed by atoms with Crippen LogP contribution in [-0.4, -0.2) is 35.0 Å². The number of methoxy groups -OCH3 is 1. The van der Waals surface area contributed by atoms with Crippen LogP contribution in [0.25, 0.3) is 0 Å². The maximum atomic E-state index is 5.44. The van der Waals surface area contributed by atoms with Crippen molar-refractivity contribution in [3.63, 3.8) is 0 Å². The molecule has 0 saturated carbocycles. The summed E-state index contributed by atoms with van der Waals surface area (Å²) in [5.41, 5.74) is 5.44. The SMILES string of the molecule is COCCn1cnnc1CCCCCCN. The van der Waals surface area contributed by atoms with Gasteiger partial charge in [0.1, 0.15) is 12.2 Å². The number of nitrogens with zero attached hydrogens (tertiary/aromatic N) is 3. The fourth-order valence-corrected chi connectivity index (χ4v) is 1.63. The molecule has 1 aromatic heterocycles. The summed E-state index contributed by atoms with van der Waals surface area (Å²) in [5.74, 6) is 1.06. The summed E-state index contributed by atoms with van der Waals surface area (Å²) in [7, 11) is 1.71. The first kappa shape index (κ1) is 13.1. The minimum atomic E-state index is 0.707. The highest BCUT2D eigenvalue weighted by atomic mass is 16.5. The zero-order valence-corrected chi connectivity index (χ0v) is 10.1. The second-order valence-electron chi connectivity index (χ2n) is 3.89. The van der Waals surface area contributed by atoms with E-state index in [4.69, 9.17) is 10.5 Å². The lowest BCUT2D eigenvalue weighted by molar-refractivity contribution is 0.186. The number of hydrogen-bond donors (Lipinski definition) is 1. The monoisotopic (exact) mass is 226 g/mol. The van der Waals surface area contributed by atoms with Crippen LogP contribution in [0, 0.1) is 0 Å². The molecule has 0 bridgehead atoms. The van der Waals surface area contributed by atoms with E-state index in [1.54, 1.807) is 13.4 Å². The Hall–Kier alpha value is -0.940. The Morgan fingerprint density at radius 1 is 1.31 bits per heavy atom. The molecular weight excluding hydrogens is 204 g/mol. The molecular formula is C11H22N4O. The zero-order valence-electron chi connectivity index (χ0n) is 10.1. The van der Waals surface area contributed by atoms with Gasteiger partial charge in [-0.05, 0) is 19.4 Å².